The van der Waals surface area contributed by atoms with Gasteiger partial charge in [0.2, 0.25) is 0 Å². The number of halogens is 1. The lowest BCUT2D eigenvalue weighted by atomic mass is 9.80. The van der Waals surface area contributed by atoms with Crippen LogP contribution in [-0.2, 0) is 0 Å². The van der Waals surface area contributed by atoms with Gasteiger partial charge in [-0.25, -0.2) is 4.98 Å². The molecule has 0 bridgehead atoms. The molecule has 0 amide bonds. The van der Waals surface area contributed by atoms with Crippen LogP contribution in [0.1, 0.15) is 33.1 Å². The Kier molecular flexibility index (Phi) is 4.27. The molecular weight excluding hydrogens is 250 g/mol. The van der Waals surface area contributed by atoms with Crippen molar-refractivity contribution in [1.29, 1.82) is 0 Å². The van der Waals surface area contributed by atoms with E-state index < -0.39 is 0 Å². The molecular formula is C13H20ClN3O. The molecule has 2 rings (SSSR count). The molecule has 0 aliphatic heterocycles. The van der Waals surface area contributed by atoms with Crippen molar-refractivity contribution in [3.8, 4) is 6.01 Å². The molecule has 2 unspecified atom stereocenters. The summed E-state index contributed by atoms with van der Waals surface area (Å²) in [5.41, 5.74) is 0. The summed E-state index contributed by atoms with van der Waals surface area (Å²) in [5.74, 6) is 2.16. The van der Waals surface area contributed by atoms with Crippen LogP contribution in [0.5, 0.6) is 6.01 Å². The molecule has 5 heteroatoms. The average Bonchev–Trinajstić information content (AvgIpc) is 2.30. The number of nitrogens with zero attached hydrogens (tertiary/aromatic N) is 2. The molecule has 1 aliphatic carbocycles. The van der Waals surface area contributed by atoms with E-state index >= 15 is 0 Å². The smallest absolute Gasteiger partial charge is 0.318 e. The van der Waals surface area contributed by atoms with Crippen LogP contribution >= 0.6 is 11.6 Å². The number of aromatic nitrogens is 2. The highest BCUT2D eigenvalue weighted by Gasteiger charge is 2.24. The van der Waals surface area contributed by atoms with Crippen molar-refractivity contribution < 1.29 is 4.74 Å². The van der Waals surface area contributed by atoms with E-state index in [0.717, 1.165) is 24.7 Å². The Morgan fingerprint density at radius 2 is 1.94 bits per heavy atom. The molecule has 0 aromatic carbocycles. The fourth-order valence-electron chi connectivity index (χ4n) is 2.81. The predicted molar refractivity (Wildman–Crippen MR) is 73.2 cm³/mol. The van der Waals surface area contributed by atoms with Gasteiger partial charge in [-0.3, -0.25) is 0 Å². The minimum atomic E-state index is 0.346. The van der Waals surface area contributed by atoms with Crippen molar-refractivity contribution >= 4 is 17.4 Å². The Morgan fingerprint density at radius 3 is 2.56 bits per heavy atom. The summed E-state index contributed by atoms with van der Waals surface area (Å²) in [7, 11) is 1.55. The Morgan fingerprint density at radius 1 is 1.28 bits per heavy atom. The van der Waals surface area contributed by atoms with Crippen molar-refractivity contribution in [2.75, 3.05) is 12.4 Å². The van der Waals surface area contributed by atoms with Crippen molar-refractivity contribution in [2.45, 2.75) is 39.2 Å². The van der Waals surface area contributed by atoms with E-state index in [9.17, 15) is 0 Å². The lowest BCUT2D eigenvalue weighted by Crippen LogP contribution is -2.30. The molecule has 1 heterocycles. The summed E-state index contributed by atoms with van der Waals surface area (Å²) in [4.78, 5) is 8.23. The molecule has 1 aromatic rings. The van der Waals surface area contributed by atoms with Crippen LogP contribution in [0.4, 0.5) is 5.82 Å². The highest BCUT2D eigenvalue weighted by Crippen LogP contribution is 2.31. The Balaban J connectivity index is 2.08. The topological polar surface area (TPSA) is 47.0 Å². The Bertz CT molecular complexity index is 403. The molecule has 1 N–H and O–H groups in total. The standard InChI is InChI=1S/C13H20ClN3O/c1-8-4-9(2)6-10(5-8)16-12-11(14)7-15-13(17-12)18-3/h7-10H,4-6H2,1-3H3,(H,15,16,17). The number of anilines is 1. The number of methoxy groups -OCH3 is 1. The first-order chi connectivity index (χ1) is 8.58. The lowest BCUT2D eigenvalue weighted by Gasteiger charge is -2.32. The van der Waals surface area contributed by atoms with Gasteiger partial charge in [-0.15, -0.1) is 0 Å². The van der Waals surface area contributed by atoms with E-state index in [1.165, 1.54) is 6.42 Å². The first-order valence-corrected chi connectivity index (χ1v) is 6.79. The molecule has 1 aromatic heterocycles. The first kappa shape index (κ1) is 13.4. The second-order valence-corrected chi connectivity index (χ2v) is 5.72. The lowest BCUT2D eigenvalue weighted by molar-refractivity contribution is 0.280. The Hall–Kier alpha value is -1.03. The van der Waals surface area contributed by atoms with Gasteiger partial charge in [-0.1, -0.05) is 25.4 Å². The van der Waals surface area contributed by atoms with Crippen LogP contribution in [0.3, 0.4) is 0 Å². The fourth-order valence-corrected chi connectivity index (χ4v) is 2.95. The number of nitrogens with one attached hydrogen (secondary N) is 1. The predicted octanol–water partition coefficient (Wildman–Crippen LogP) is 3.38. The monoisotopic (exact) mass is 269 g/mol. The van der Waals surface area contributed by atoms with Gasteiger partial charge in [0.1, 0.15) is 5.02 Å². The third-order valence-electron chi connectivity index (χ3n) is 3.42. The molecule has 4 nitrogen and oxygen atoms in total. The normalized spacial score (nSPS) is 27.9. The molecule has 0 spiro atoms. The van der Waals surface area contributed by atoms with Gasteiger partial charge in [-0.05, 0) is 31.1 Å². The third kappa shape index (κ3) is 3.25. The molecule has 18 heavy (non-hydrogen) atoms. The minimum absolute atomic E-state index is 0.346. The van der Waals surface area contributed by atoms with E-state index in [0.29, 0.717) is 22.9 Å². The fraction of sp³-hybridized carbons (Fsp3) is 0.692. The van der Waals surface area contributed by atoms with Gasteiger partial charge in [0.25, 0.3) is 0 Å². The Labute approximate surface area is 113 Å². The maximum atomic E-state index is 6.10. The number of rotatable bonds is 3. The maximum Gasteiger partial charge on any atom is 0.318 e. The zero-order chi connectivity index (χ0) is 13.1. The summed E-state index contributed by atoms with van der Waals surface area (Å²) in [6.45, 7) is 4.60. The highest BCUT2D eigenvalue weighted by atomic mass is 35.5. The quantitative estimate of drug-likeness (QED) is 0.914. The zero-order valence-corrected chi connectivity index (χ0v) is 11.9. The van der Waals surface area contributed by atoms with Crippen LogP contribution in [-0.4, -0.2) is 23.1 Å². The third-order valence-corrected chi connectivity index (χ3v) is 3.70. The summed E-state index contributed by atoms with van der Waals surface area (Å²) >= 11 is 6.10. The summed E-state index contributed by atoms with van der Waals surface area (Å²) in [6, 6.07) is 0.777. The molecule has 1 aliphatic rings. The van der Waals surface area contributed by atoms with Crippen LogP contribution in [0.15, 0.2) is 6.20 Å². The number of ether oxygens (including phenoxy) is 1. The van der Waals surface area contributed by atoms with Crippen LogP contribution < -0.4 is 10.1 Å². The van der Waals surface area contributed by atoms with Gasteiger partial charge in [-0.2, -0.15) is 4.98 Å². The zero-order valence-electron chi connectivity index (χ0n) is 11.1. The van der Waals surface area contributed by atoms with E-state index in [2.05, 4.69) is 29.1 Å². The summed E-state index contributed by atoms with van der Waals surface area (Å²) < 4.78 is 5.02. The van der Waals surface area contributed by atoms with Crippen LogP contribution in [0, 0.1) is 11.8 Å². The SMILES string of the molecule is COc1ncc(Cl)c(NC2CC(C)CC(C)C2)n1. The molecule has 1 saturated carbocycles. The average molecular weight is 270 g/mol. The summed E-state index contributed by atoms with van der Waals surface area (Å²) in [6.07, 6.45) is 5.20. The molecule has 2 atom stereocenters. The van der Waals surface area contributed by atoms with E-state index in [1.807, 2.05) is 0 Å². The van der Waals surface area contributed by atoms with Crippen molar-refractivity contribution in [3.63, 3.8) is 0 Å². The van der Waals surface area contributed by atoms with E-state index in [4.69, 9.17) is 16.3 Å². The molecule has 0 saturated heterocycles. The maximum absolute atomic E-state index is 6.10. The first-order valence-electron chi connectivity index (χ1n) is 6.41. The van der Waals surface area contributed by atoms with Gasteiger partial charge in [0.05, 0.1) is 13.3 Å². The number of hydrogen-bond acceptors (Lipinski definition) is 4. The highest BCUT2D eigenvalue weighted by molar-refractivity contribution is 6.32. The molecule has 100 valence electrons. The second-order valence-electron chi connectivity index (χ2n) is 5.31. The van der Waals surface area contributed by atoms with Crippen LogP contribution in [0.2, 0.25) is 5.02 Å². The largest absolute Gasteiger partial charge is 0.467 e. The van der Waals surface area contributed by atoms with Crippen molar-refractivity contribution in [1.82, 2.24) is 9.97 Å². The summed E-state index contributed by atoms with van der Waals surface area (Å²) in [5, 5.41) is 3.96. The van der Waals surface area contributed by atoms with E-state index in [1.54, 1.807) is 13.3 Å². The minimum Gasteiger partial charge on any atom is -0.467 e. The van der Waals surface area contributed by atoms with Crippen molar-refractivity contribution in [3.05, 3.63) is 11.2 Å². The second kappa shape index (κ2) is 5.74. The molecule has 0 radical (unpaired) electrons. The van der Waals surface area contributed by atoms with Crippen molar-refractivity contribution in [2.24, 2.45) is 11.8 Å². The number of hydrogen-bond donors (Lipinski definition) is 1. The van der Waals surface area contributed by atoms with Gasteiger partial charge < -0.3 is 10.1 Å². The van der Waals surface area contributed by atoms with Gasteiger partial charge in [0, 0.05) is 6.04 Å². The van der Waals surface area contributed by atoms with E-state index in [-0.39, 0.29) is 0 Å². The van der Waals surface area contributed by atoms with Gasteiger partial charge >= 0.3 is 6.01 Å². The van der Waals surface area contributed by atoms with Gasteiger partial charge in [0.15, 0.2) is 5.82 Å². The van der Waals surface area contributed by atoms with Crippen LogP contribution in [0.25, 0.3) is 0 Å². The molecule has 1 fully saturated rings.